The van der Waals surface area contributed by atoms with Crippen LogP contribution >= 0.6 is 0 Å². The highest BCUT2D eigenvalue weighted by Gasteiger charge is 2.27. The average Bonchev–Trinajstić information content (AvgIpc) is 2.00. The number of carboxylic acid groups (broad SMARTS) is 1. The Morgan fingerprint density at radius 1 is 1.45 bits per heavy atom. The Morgan fingerprint density at radius 3 is 2.18 bits per heavy atom. The van der Waals surface area contributed by atoms with Gasteiger partial charge in [-0.25, -0.2) is 0 Å². The lowest BCUT2D eigenvalue weighted by atomic mass is 10.1. The molecule has 11 heavy (non-hydrogen) atoms. The number of aliphatic hydroxyl groups is 3. The molecule has 0 aromatic carbocycles. The molecule has 6 N–H and O–H groups in total. The first-order valence-corrected chi connectivity index (χ1v) is 2.96. The predicted molar refractivity (Wildman–Crippen MR) is 34.7 cm³/mol. The second-order valence-corrected chi connectivity index (χ2v) is 2.10. The van der Waals surface area contributed by atoms with Crippen molar-refractivity contribution < 1.29 is 25.2 Å². The van der Waals surface area contributed by atoms with Crippen LogP contribution in [0.3, 0.4) is 0 Å². The molecule has 0 heterocycles. The van der Waals surface area contributed by atoms with Crippen molar-refractivity contribution in [1.82, 2.24) is 0 Å². The van der Waals surface area contributed by atoms with E-state index < -0.39 is 30.8 Å². The van der Waals surface area contributed by atoms with Crippen LogP contribution in [0.2, 0.25) is 0 Å². The van der Waals surface area contributed by atoms with Crippen LogP contribution < -0.4 is 5.73 Å². The lowest BCUT2D eigenvalue weighted by Gasteiger charge is -2.18. The molecule has 0 saturated heterocycles. The van der Waals surface area contributed by atoms with Crippen molar-refractivity contribution in [2.24, 2.45) is 5.73 Å². The first-order valence-electron chi connectivity index (χ1n) is 2.96. The highest BCUT2D eigenvalue weighted by molar-refractivity contribution is 5.73. The summed E-state index contributed by atoms with van der Waals surface area (Å²) in [6.45, 7) is -0.720. The molecule has 3 atom stereocenters. The predicted octanol–water partition coefficient (Wildman–Crippen LogP) is -2.89. The van der Waals surface area contributed by atoms with Crippen molar-refractivity contribution in [2.75, 3.05) is 6.61 Å². The zero-order chi connectivity index (χ0) is 9.02. The standard InChI is InChI=1S/C5H11NO5/c6-3(5(10)11)4(9)2(8)1-7/h2-4,7-9H,1,6H2,(H,10,11)/t2-,3-,4-/m1/s1. The van der Waals surface area contributed by atoms with Crippen LogP contribution in [0.25, 0.3) is 0 Å². The third-order valence-electron chi connectivity index (χ3n) is 1.23. The van der Waals surface area contributed by atoms with E-state index >= 15 is 0 Å². The van der Waals surface area contributed by atoms with Crippen molar-refractivity contribution in [3.63, 3.8) is 0 Å². The summed E-state index contributed by atoms with van der Waals surface area (Å²) in [6.07, 6.45) is -3.15. The van der Waals surface area contributed by atoms with Gasteiger partial charge in [-0.1, -0.05) is 0 Å². The van der Waals surface area contributed by atoms with Crippen molar-refractivity contribution in [1.29, 1.82) is 0 Å². The van der Waals surface area contributed by atoms with Gasteiger partial charge in [-0.15, -0.1) is 0 Å². The van der Waals surface area contributed by atoms with Gasteiger partial charge < -0.3 is 26.2 Å². The minimum absolute atomic E-state index is 0.720. The summed E-state index contributed by atoms with van der Waals surface area (Å²) in [4.78, 5) is 10.1. The van der Waals surface area contributed by atoms with Crippen LogP contribution in [0, 0.1) is 0 Å². The van der Waals surface area contributed by atoms with Crippen LogP contribution in [0.4, 0.5) is 0 Å². The minimum Gasteiger partial charge on any atom is -0.480 e. The number of carboxylic acids is 1. The van der Waals surface area contributed by atoms with Crippen molar-refractivity contribution in [3.05, 3.63) is 0 Å². The third kappa shape index (κ3) is 2.81. The summed E-state index contributed by atoms with van der Waals surface area (Å²) >= 11 is 0. The van der Waals surface area contributed by atoms with Crippen LogP contribution in [0.5, 0.6) is 0 Å². The van der Waals surface area contributed by atoms with Crippen LogP contribution in [-0.2, 0) is 4.79 Å². The summed E-state index contributed by atoms with van der Waals surface area (Å²) < 4.78 is 0. The fraction of sp³-hybridized carbons (Fsp3) is 0.800. The quantitative estimate of drug-likeness (QED) is 0.304. The van der Waals surface area contributed by atoms with Gasteiger partial charge in [-0.2, -0.15) is 0 Å². The number of nitrogens with two attached hydrogens (primary N) is 1. The van der Waals surface area contributed by atoms with Gasteiger partial charge in [0.05, 0.1) is 6.61 Å². The van der Waals surface area contributed by atoms with Crippen LogP contribution in [-0.4, -0.2) is 51.3 Å². The number of hydrogen-bond donors (Lipinski definition) is 5. The van der Waals surface area contributed by atoms with Gasteiger partial charge in [0, 0.05) is 0 Å². The summed E-state index contributed by atoms with van der Waals surface area (Å²) in [5.41, 5.74) is 4.92. The number of rotatable bonds is 4. The van der Waals surface area contributed by atoms with Crippen molar-refractivity contribution in [3.8, 4) is 0 Å². The van der Waals surface area contributed by atoms with Gasteiger partial charge in [-0.05, 0) is 0 Å². The lowest BCUT2D eigenvalue weighted by Crippen LogP contribution is -2.49. The average molecular weight is 165 g/mol. The minimum atomic E-state index is -1.64. The Morgan fingerprint density at radius 2 is 1.91 bits per heavy atom. The van der Waals surface area contributed by atoms with Crippen molar-refractivity contribution in [2.45, 2.75) is 18.2 Å². The normalized spacial score (nSPS) is 18.9. The Kier molecular flexibility index (Phi) is 3.98. The molecule has 0 aliphatic rings. The topological polar surface area (TPSA) is 124 Å². The van der Waals surface area contributed by atoms with Crippen molar-refractivity contribution >= 4 is 5.97 Å². The number of aliphatic carboxylic acids is 1. The lowest BCUT2D eigenvalue weighted by molar-refractivity contribution is -0.144. The largest absolute Gasteiger partial charge is 0.480 e. The second-order valence-electron chi connectivity index (χ2n) is 2.10. The van der Waals surface area contributed by atoms with Gasteiger partial charge in [0.2, 0.25) is 0 Å². The summed E-state index contributed by atoms with van der Waals surface area (Å²) in [7, 11) is 0. The van der Waals surface area contributed by atoms with Crippen LogP contribution in [0.1, 0.15) is 0 Å². The maximum atomic E-state index is 10.1. The number of carbonyl (C=O) groups is 1. The first-order chi connectivity index (χ1) is 5.00. The maximum Gasteiger partial charge on any atom is 0.323 e. The van der Waals surface area contributed by atoms with Gasteiger partial charge >= 0.3 is 5.97 Å². The first kappa shape index (κ1) is 10.3. The SMILES string of the molecule is N[C@@H](C(=O)O)[C@H](O)[C@H](O)CO. The molecule has 66 valence electrons. The van der Waals surface area contributed by atoms with Gasteiger partial charge in [0.25, 0.3) is 0 Å². The fourth-order valence-electron chi connectivity index (χ4n) is 0.493. The van der Waals surface area contributed by atoms with E-state index in [0.29, 0.717) is 0 Å². The van der Waals surface area contributed by atoms with E-state index in [1.807, 2.05) is 0 Å². The molecule has 0 unspecified atom stereocenters. The molecule has 0 fully saturated rings. The molecule has 0 rings (SSSR count). The zero-order valence-corrected chi connectivity index (χ0v) is 5.71. The fourth-order valence-corrected chi connectivity index (χ4v) is 0.493. The molecule has 6 heteroatoms. The van der Waals surface area contributed by atoms with E-state index in [1.54, 1.807) is 0 Å². The maximum absolute atomic E-state index is 10.1. The van der Waals surface area contributed by atoms with E-state index in [4.69, 9.17) is 26.2 Å². The number of aliphatic hydroxyl groups excluding tert-OH is 3. The molecule has 0 aromatic heterocycles. The second kappa shape index (κ2) is 4.24. The summed E-state index contributed by atoms with van der Waals surface area (Å²) in [5, 5.41) is 34.0. The smallest absolute Gasteiger partial charge is 0.323 e. The van der Waals surface area contributed by atoms with E-state index in [1.165, 1.54) is 0 Å². The molecule has 0 bridgehead atoms. The van der Waals surface area contributed by atoms with Crippen LogP contribution in [0.15, 0.2) is 0 Å². The molecular formula is C5H11NO5. The molecule has 0 aromatic rings. The molecule has 0 radical (unpaired) electrons. The Bertz CT molecular complexity index is 139. The summed E-state index contributed by atoms with van der Waals surface area (Å²) in [5.74, 6) is -1.43. The Hall–Kier alpha value is -0.690. The van der Waals surface area contributed by atoms with E-state index in [2.05, 4.69) is 0 Å². The van der Waals surface area contributed by atoms with E-state index in [9.17, 15) is 4.79 Å². The molecular weight excluding hydrogens is 154 g/mol. The number of hydrogen-bond acceptors (Lipinski definition) is 5. The highest BCUT2D eigenvalue weighted by Crippen LogP contribution is 1.97. The Balaban J connectivity index is 4.00. The monoisotopic (exact) mass is 165 g/mol. The molecule has 6 nitrogen and oxygen atoms in total. The van der Waals surface area contributed by atoms with E-state index in [0.717, 1.165) is 0 Å². The zero-order valence-electron chi connectivity index (χ0n) is 5.71. The Labute approximate surface area is 62.9 Å². The summed E-state index contributed by atoms with van der Waals surface area (Å²) in [6, 6.07) is -1.57. The third-order valence-corrected chi connectivity index (χ3v) is 1.23. The van der Waals surface area contributed by atoms with Gasteiger partial charge in [0.1, 0.15) is 18.2 Å². The molecule has 0 aliphatic carbocycles. The van der Waals surface area contributed by atoms with Gasteiger partial charge in [0.15, 0.2) is 0 Å². The van der Waals surface area contributed by atoms with E-state index in [-0.39, 0.29) is 0 Å². The molecule has 0 amide bonds. The highest BCUT2D eigenvalue weighted by atomic mass is 16.4. The molecule has 0 saturated carbocycles. The molecule has 0 spiro atoms. The van der Waals surface area contributed by atoms with Gasteiger partial charge in [-0.3, -0.25) is 4.79 Å². The molecule has 0 aliphatic heterocycles.